The van der Waals surface area contributed by atoms with Crippen LogP contribution in [0.3, 0.4) is 0 Å². The van der Waals surface area contributed by atoms with E-state index in [0.717, 1.165) is 43.2 Å². The highest BCUT2D eigenvalue weighted by Crippen LogP contribution is 2.11. The van der Waals surface area contributed by atoms with Gasteiger partial charge in [0.2, 0.25) is 0 Å². The molecule has 7 nitrogen and oxygen atoms in total. The Morgan fingerprint density at radius 2 is 2.00 bits per heavy atom. The van der Waals surface area contributed by atoms with Gasteiger partial charge in [-0.2, -0.15) is 0 Å². The summed E-state index contributed by atoms with van der Waals surface area (Å²) in [6, 6.07) is 11.7. The van der Waals surface area contributed by atoms with Crippen LogP contribution in [-0.4, -0.2) is 49.5 Å². The average Bonchev–Trinajstić information content (AvgIpc) is 3.30. The van der Waals surface area contributed by atoms with Gasteiger partial charge in [0.1, 0.15) is 5.76 Å². The molecule has 0 unspecified atom stereocenters. The predicted octanol–water partition coefficient (Wildman–Crippen LogP) is 2.75. The minimum Gasteiger partial charge on any atom is -0.467 e. The van der Waals surface area contributed by atoms with Crippen LogP contribution in [-0.2, 0) is 13.1 Å². The van der Waals surface area contributed by atoms with E-state index in [1.807, 2.05) is 36.4 Å². The molecule has 0 spiro atoms. The number of piperidine rings is 1. The van der Waals surface area contributed by atoms with Crippen LogP contribution in [0.15, 0.2) is 52.1 Å². The molecule has 3 N–H and O–H groups in total. The molecular formula is C23H33N5O2. The zero-order valence-electron chi connectivity index (χ0n) is 18.0. The van der Waals surface area contributed by atoms with E-state index in [1.165, 1.54) is 13.0 Å². The number of likely N-dealkylation sites (tertiary alicyclic amines) is 1. The normalized spacial score (nSPS) is 15.7. The highest BCUT2D eigenvalue weighted by Gasteiger charge is 2.19. The Hall–Kier alpha value is -2.80. The van der Waals surface area contributed by atoms with E-state index in [1.54, 1.807) is 13.3 Å². The molecule has 1 aliphatic rings. The van der Waals surface area contributed by atoms with Crippen LogP contribution in [0, 0.1) is 0 Å². The summed E-state index contributed by atoms with van der Waals surface area (Å²) in [5, 5.41) is 9.78. The van der Waals surface area contributed by atoms with Gasteiger partial charge in [-0.1, -0.05) is 19.1 Å². The van der Waals surface area contributed by atoms with Gasteiger partial charge >= 0.3 is 0 Å². The lowest BCUT2D eigenvalue weighted by molar-refractivity contribution is 0.0948. The summed E-state index contributed by atoms with van der Waals surface area (Å²) in [5.41, 5.74) is 1.66. The summed E-state index contributed by atoms with van der Waals surface area (Å²) in [7, 11) is 1.79. The molecule has 1 aromatic heterocycles. The van der Waals surface area contributed by atoms with Gasteiger partial charge in [0, 0.05) is 38.3 Å². The SMILES string of the molecule is CCCN1CCC(NC(=NC)NCc2cccc(C(=O)NCc3ccco3)c2)CC1. The Morgan fingerprint density at radius 1 is 1.17 bits per heavy atom. The van der Waals surface area contributed by atoms with Gasteiger partial charge in [-0.3, -0.25) is 9.79 Å². The van der Waals surface area contributed by atoms with E-state index in [0.29, 0.717) is 24.7 Å². The monoisotopic (exact) mass is 411 g/mol. The fraction of sp³-hybridized carbons (Fsp3) is 0.478. The Balaban J connectivity index is 1.46. The first kappa shape index (κ1) is 21.9. The van der Waals surface area contributed by atoms with Crippen molar-refractivity contribution in [1.82, 2.24) is 20.9 Å². The molecule has 0 aliphatic carbocycles. The highest BCUT2D eigenvalue weighted by molar-refractivity contribution is 5.94. The van der Waals surface area contributed by atoms with Crippen LogP contribution in [0.2, 0.25) is 0 Å². The van der Waals surface area contributed by atoms with Gasteiger partial charge in [0.15, 0.2) is 5.96 Å². The van der Waals surface area contributed by atoms with E-state index in [2.05, 4.69) is 32.8 Å². The van der Waals surface area contributed by atoms with Crippen LogP contribution in [0.25, 0.3) is 0 Å². The van der Waals surface area contributed by atoms with Crippen molar-refractivity contribution in [3.8, 4) is 0 Å². The van der Waals surface area contributed by atoms with E-state index in [9.17, 15) is 4.79 Å². The summed E-state index contributed by atoms with van der Waals surface area (Å²) < 4.78 is 5.25. The molecule has 0 radical (unpaired) electrons. The van der Waals surface area contributed by atoms with Gasteiger partial charge in [-0.15, -0.1) is 0 Å². The first-order chi connectivity index (χ1) is 14.7. The summed E-state index contributed by atoms with van der Waals surface area (Å²) in [6.45, 7) is 6.67. The summed E-state index contributed by atoms with van der Waals surface area (Å²) in [5.74, 6) is 1.42. The molecule has 7 heteroatoms. The number of aliphatic imine (C=N–C) groups is 1. The minimum absolute atomic E-state index is 0.116. The Kier molecular flexibility index (Phi) is 8.32. The molecule has 162 valence electrons. The Bertz CT molecular complexity index is 811. The van der Waals surface area contributed by atoms with E-state index in [4.69, 9.17) is 4.42 Å². The van der Waals surface area contributed by atoms with Crippen molar-refractivity contribution in [2.45, 2.75) is 45.3 Å². The van der Waals surface area contributed by atoms with E-state index >= 15 is 0 Å². The fourth-order valence-electron chi connectivity index (χ4n) is 3.70. The maximum absolute atomic E-state index is 12.4. The summed E-state index contributed by atoms with van der Waals surface area (Å²) in [4.78, 5) is 19.3. The number of hydrogen-bond donors (Lipinski definition) is 3. The number of nitrogens with zero attached hydrogens (tertiary/aromatic N) is 2. The molecule has 1 aromatic carbocycles. The van der Waals surface area contributed by atoms with Gasteiger partial charge in [-0.05, 0) is 55.6 Å². The zero-order chi connectivity index (χ0) is 21.2. The Labute approximate surface area is 178 Å². The van der Waals surface area contributed by atoms with Crippen LogP contribution in [0.4, 0.5) is 0 Å². The molecule has 0 saturated carbocycles. The van der Waals surface area contributed by atoms with Gasteiger partial charge in [0.05, 0.1) is 12.8 Å². The molecule has 1 amide bonds. The molecule has 3 rings (SSSR count). The lowest BCUT2D eigenvalue weighted by Crippen LogP contribution is -2.48. The predicted molar refractivity (Wildman–Crippen MR) is 119 cm³/mol. The second-order valence-corrected chi connectivity index (χ2v) is 7.65. The third-order valence-electron chi connectivity index (χ3n) is 5.34. The number of guanidine groups is 1. The average molecular weight is 412 g/mol. The smallest absolute Gasteiger partial charge is 0.251 e. The maximum atomic E-state index is 12.4. The first-order valence-electron chi connectivity index (χ1n) is 10.8. The van der Waals surface area contributed by atoms with Crippen molar-refractivity contribution in [2.75, 3.05) is 26.7 Å². The van der Waals surface area contributed by atoms with Gasteiger partial charge in [-0.25, -0.2) is 0 Å². The number of benzene rings is 1. The molecule has 1 aliphatic heterocycles. The van der Waals surface area contributed by atoms with Crippen molar-refractivity contribution in [2.24, 2.45) is 4.99 Å². The number of hydrogen-bond acceptors (Lipinski definition) is 4. The lowest BCUT2D eigenvalue weighted by atomic mass is 10.1. The molecule has 0 bridgehead atoms. The largest absolute Gasteiger partial charge is 0.467 e. The molecule has 30 heavy (non-hydrogen) atoms. The molecule has 2 aromatic rings. The van der Waals surface area contributed by atoms with Crippen LogP contribution < -0.4 is 16.0 Å². The molecule has 1 fully saturated rings. The second kappa shape index (κ2) is 11.4. The van der Waals surface area contributed by atoms with Crippen molar-refractivity contribution >= 4 is 11.9 Å². The van der Waals surface area contributed by atoms with E-state index < -0.39 is 0 Å². The molecule has 2 heterocycles. The third kappa shape index (κ3) is 6.62. The summed E-state index contributed by atoms with van der Waals surface area (Å²) in [6.07, 6.45) is 5.07. The second-order valence-electron chi connectivity index (χ2n) is 7.65. The fourth-order valence-corrected chi connectivity index (χ4v) is 3.70. The van der Waals surface area contributed by atoms with Crippen LogP contribution in [0.1, 0.15) is 47.9 Å². The van der Waals surface area contributed by atoms with Crippen molar-refractivity contribution in [3.05, 3.63) is 59.5 Å². The quantitative estimate of drug-likeness (QED) is 0.460. The lowest BCUT2D eigenvalue weighted by Gasteiger charge is -2.32. The van der Waals surface area contributed by atoms with Gasteiger partial charge < -0.3 is 25.3 Å². The van der Waals surface area contributed by atoms with Crippen molar-refractivity contribution in [1.29, 1.82) is 0 Å². The van der Waals surface area contributed by atoms with Crippen molar-refractivity contribution in [3.63, 3.8) is 0 Å². The van der Waals surface area contributed by atoms with Gasteiger partial charge in [0.25, 0.3) is 5.91 Å². The van der Waals surface area contributed by atoms with Crippen LogP contribution >= 0.6 is 0 Å². The number of furan rings is 1. The Morgan fingerprint density at radius 3 is 2.70 bits per heavy atom. The number of nitrogens with one attached hydrogen (secondary N) is 3. The number of carbonyl (C=O) groups is 1. The zero-order valence-corrected chi connectivity index (χ0v) is 18.0. The minimum atomic E-state index is -0.116. The highest BCUT2D eigenvalue weighted by atomic mass is 16.3. The van der Waals surface area contributed by atoms with E-state index in [-0.39, 0.29) is 5.91 Å². The number of amides is 1. The number of carbonyl (C=O) groups excluding carboxylic acids is 1. The molecule has 1 saturated heterocycles. The first-order valence-corrected chi connectivity index (χ1v) is 10.8. The standard InChI is InChI=1S/C23H33N5O2/c1-3-11-28-12-9-20(10-13-28)27-23(24-2)26-16-18-6-4-7-19(15-18)22(29)25-17-21-8-5-14-30-21/h4-8,14-15,20H,3,9-13,16-17H2,1-2H3,(H,25,29)(H2,24,26,27). The third-order valence-corrected chi connectivity index (χ3v) is 5.34. The topological polar surface area (TPSA) is 81.9 Å². The number of rotatable bonds is 8. The van der Waals surface area contributed by atoms with Crippen LogP contribution in [0.5, 0.6) is 0 Å². The summed E-state index contributed by atoms with van der Waals surface area (Å²) >= 11 is 0. The maximum Gasteiger partial charge on any atom is 0.251 e. The van der Waals surface area contributed by atoms with Crippen molar-refractivity contribution < 1.29 is 9.21 Å². The molecular weight excluding hydrogens is 378 g/mol. The molecule has 0 atom stereocenters.